The molecule has 1 N–H and O–H groups in total. The van der Waals surface area contributed by atoms with Gasteiger partial charge in [-0.2, -0.15) is 5.10 Å². The highest BCUT2D eigenvalue weighted by molar-refractivity contribution is 5.95. The number of carbonyl (C=O) groups is 1. The summed E-state index contributed by atoms with van der Waals surface area (Å²) in [6, 6.07) is -0.00269. The monoisotopic (exact) mass is 331 g/mol. The van der Waals surface area contributed by atoms with Gasteiger partial charge in [0.25, 0.3) is 0 Å². The summed E-state index contributed by atoms with van der Waals surface area (Å²) < 4.78 is 0. The van der Waals surface area contributed by atoms with Crippen LogP contribution in [-0.4, -0.2) is 28.3 Å². The van der Waals surface area contributed by atoms with Crippen LogP contribution in [0.5, 0.6) is 0 Å². The van der Waals surface area contributed by atoms with E-state index in [4.69, 9.17) is 5.10 Å². The third-order valence-corrected chi connectivity index (χ3v) is 4.65. The maximum Gasteiger partial charge on any atom is 0.338 e. The summed E-state index contributed by atoms with van der Waals surface area (Å²) in [5, 5.41) is 9.36. The zero-order valence-corrected chi connectivity index (χ0v) is 15.9. The Bertz CT molecular complexity index is 531. The Balaban J connectivity index is 3.21. The van der Waals surface area contributed by atoms with Crippen LogP contribution in [0.4, 0.5) is 4.79 Å². The summed E-state index contributed by atoms with van der Waals surface area (Å²) in [7, 11) is 0. The lowest BCUT2D eigenvalue weighted by Gasteiger charge is -2.35. The molecule has 0 radical (unpaired) electrons. The normalized spacial score (nSPS) is 21.2. The molecule has 0 saturated carbocycles. The summed E-state index contributed by atoms with van der Waals surface area (Å²) in [6.07, 6.45) is 9.53. The van der Waals surface area contributed by atoms with Gasteiger partial charge < -0.3 is 5.32 Å². The van der Waals surface area contributed by atoms with E-state index >= 15 is 0 Å². The van der Waals surface area contributed by atoms with Crippen molar-refractivity contribution < 1.29 is 4.79 Å². The molecule has 2 atom stereocenters. The van der Waals surface area contributed by atoms with Crippen LogP contribution in [-0.2, 0) is 0 Å². The molecule has 4 nitrogen and oxygen atoms in total. The molecular weight excluding hydrogens is 298 g/mol. The second kappa shape index (κ2) is 8.86. The maximum absolute atomic E-state index is 12.7. The molecule has 0 aromatic carbocycles. The van der Waals surface area contributed by atoms with E-state index in [1.807, 2.05) is 19.1 Å². The number of allylic oxidation sites excluding steroid dienone is 3. The lowest BCUT2D eigenvalue weighted by molar-refractivity contribution is 0.138. The van der Waals surface area contributed by atoms with E-state index in [-0.39, 0.29) is 18.0 Å². The lowest BCUT2D eigenvalue weighted by Crippen LogP contribution is -2.51. The fraction of sp³-hybridized carbons (Fsp3) is 0.600. The van der Waals surface area contributed by atoms with Crippen LogP contribution >= 0.6 is 0 Å². The molecule has 0 saturated heterocycles. The van der Waals surface area contributed by atoms with Gasteiger partial charge in [-0.3, -0.25) is 0 Å². The van der Waals surface area contributed by atoms with Crippen molar-refractivity contribution in [3.05, 3.63) is 37.0 Å². The van der Waals surface area contributed by atoms with Crippen molar-refractivity contribution in [2.45, 2.75) is 71.9 Å². The first kappa shape index (κ1) is 20.2. The Morgan fingerprint density at radius 3 is 2.58 bits per heavy atom. The van der Waals surface area contributed by atoms with Gasteiger partial charge in [-0.25, -0.2) is 9.80 Å². The van der Waals surface area contributed by atoms with E-state index in [1.54, 1.807) is 11.1 Å². The number of hydrazone groups is 1. The first-order chi connectivity index (χ1) is 11.3. The van der Waals surface area contributed by atoms with Gasteiger partial charge in [0.1, 0.15) is 0 Å². The predicted octanol–water partition coefficient (Wildman–Crippen LogP) is 5.05. The molecule has 0 fully saturated rings. The quantitative estimate of drug-likeness (QED) is 0.622. The SMILES string of the molecule is C=C/C=C(\C=C)C1C(CCCC)=NN(C(=O)NC(C)CC)C1(C)C. The van der Waals surface area contributed by atoms with Crippen molar-refractivity contribution in [1.29, 1.82) is 0 Å². The van der Waals surface area contributed by atoms with Crippen LogP contribution in [0.2, 0.25) is 0 Å². The fourth-order valence-electron chi connectivity index (χ4n) is 3.10. The number of hydrogen-bond donors (Lipinski definition) is 1. The number of carbonyl (C=O) groups excluding carboxylic acids is 1. The second-order valence-electron chi connectivity index (χ2n) is 6.96. The fourth-order valence-corrected chi connectivity index (χ4v) is 3.10. The molecule has 0 aliphatic carbocycles. The molecule has 0 aromatic heterocycles. The number of unbranched alkanes of at least 4 members (excludes halogenated alkanes) is 1. The molecule has 1 aliphatic rings. The highest BCUT2D eigenvalue weighted by Gasteiger charge is 2.47. The Hall–Kier alpha value is -1.84. The molecule has 1 rings (SSSR count). The number of amides is 2. The number of nitrogens with one attached hydrogen (secondary N) is 1. The highest BCUT2D eigenvalue weighted by Crippen LogP contribution is 2.39. The summed E-state index contributed by atoms with van der Waals surface area (Å²) in [5.74, 6) is 0.0437. The molecular formula is C20H33N3O. The largest absolute Gasteiger partial charge is 0.338 e. The molecule has 2 amide bonds. The van der Waals surface area contributed by atoms with E-state index in [0.717, 1.165) is 37.0 Å². The summed E-state index contributed by atoms with van der Waals surface area (Å²) in [6.45, 7) is 18.1. The minimum atomic E-state index is -0.441. The van der Waals surface area contributed by atoms with Gasteiger partial charge in [-0.05, 0) is 45.6 Å². The zero-order valence-electron chi connectivity index (χ0n) is 15.9. The predicted molar refractivity (Wildman–Crippen MR) is 103 cm³/mol. The average Bonchev–Trinajstić information content (AvgIpc) is 2.81. The van der Waals surface area contributed by atoms with E-state index in [1.165, 1.54) is 0 Å². The molecule has 4 heteroatoms. The van der Waals surface area contributed by atoms with E-state index in [2.05, 4.69) is 46.2 Å². The molecule has 0 aromatic rings. The highest BCUT2D eigenvalue weighted by atomic mass is 16.2. The van der Waals surface area contributed by atoms with Gasteiger partial charge in [-0.15, -0.1) is 0 Å². The van der Waals surface area contributed by atoms with Crippen molar-refractivity contribution in [2.24, 2.45) is 11.0 Å². The van der Waals surface area contributed by atoms with Crippen LogP contribution in [0.1, 0.15) is 60.3 Å². The summed E-state index contributed by atoms with van der Waals surface area (Å²) in [4.78, 5) is 12.7. The summed E-state index contributed by atoms with van der Waals surface area (Å²) in [5.41, 5.74) is 1.67. The van der Waals surface area contributed by atoms with Gasteiger partial charge in [-0.1, -0.05) is 51.7 Å². The van der Waals surface area contributed by atoms with Crippen LogP contribution in [0, 0.1) is 5.92 Å². The number of urea groups is 1. The third kappa shape index (κ3) is 4.37. The first-order valence-electron chi connectivity index (χ1n) is 8.96. The standard InChI is InChI=1S/C20H33N3O/c1-8-12-14-17-18(16(11-4)13-9-2)20(6,7)23(22-17)19(24)21-15(5)10-3/h9,11,13,15,18H,2,4,8,10,12,14H2,1,3,5-7H3,(H,21,24)/b16-13+. The molecule has 0 bridgehead atoms. The van der Waals surface area contributed by atoms with Crippen LogP contribution in [0.25, 0.3) is 0 Å². The Labute approximate surface area is 147 Å². The topological polar surface area (TPSA) is 44.7 Å². The molecule has 24 heavy (non-hydrogen) atoms. The molecule has 0 spiro atoms. The van der Waals surface area contributed by atoms with Gasteiger partial charge >= 0.3 is 6.03 Å². The van der Waals surface area contributed by atoms with Crippen molar-refractivity contribution in [1.82, 2.24) is 10.3 Å². The second-order valence-corrected chi connectivity index (χ2v) is 6.96. The van der Waals surface area contributed by atoms with Gasteiger partial charge in [0.15, 0.2) is 0 Å². The minimum Gasteiger partial charge on any atom is -0.334 e. The van der Waals surface area contributed by atoms with E-state index in [9.17, 15) is 4.79 Å². The van der Waals surface area contributed by atoms with E-state index in [0.29, 0.717) is 0 Å². The maximum atomic E-state index is 12.7. The number of hydrogen-bond acceptors (Lipinski definition) is 2. The van der Waals surface area contributed by atoms with Crippen molar-refractivity contribution >= 4 is 11.7 Å². The minimum absolute atomic E-state index is 0.0437. The van der Waals surface area contributed by atoms with E-state index < -0.39 is 5.54 Å². The van der Waals surface area contributed by atoms with Crippen LogP contribution in [0.15, 0.2) is 42.1 Å². The van der Waals surface area contributed by atoms with Crippen molar-refractivity contribution in [2.75, 3.05) is 0 Å². The number of nitrogens with zero attached hydrogens (tertiary/aromatic N) is 2. The Kier molecular flexibility index (Phi) is 7.46. The molecule has 1 aliphatic heterocycles. The number of rotatable bonds is 8. The first-order valence-corrected chi connectivity index (χ1v) is 8.96. The van der Waals surface area contributed by atoms with Gasteiger partial charge in [0.2, 0.25) is 0 Å². The summed E-state index contributed by atoms with van der Waals surface area (Å²) >= 11 is 0. The van der Waals surface area contributed by atoms with Gasteiger partial charge in [0.05, 0.1) is 5.54 Å². The van der Waals surface area contributed by atoms with Crippen LogP contribution in [0.3, 0.4) is 0 Å². The third-order valence-electron chi connectivity index (χ3n) is 4.65. The lowest BCUT2D eigenvalue weighted by atomic mass is 9.77. The molecule has 134 valence electrons. The van der Waals surface area contributed by atoms with Gasteiger partial charge in [0, 0.05) is 17.7 Å². The zero-order chi connectivity index (χ0) is 18.3. The Morgan fingerprint density at radius 2 is 2.08 bits per heavy atom. The van der Waals surface area contributed by atoms with Crippen molar-refractivity contribution in [3.63, 3.8) is 0 Å². The average molecular weight is 332 g/mol. The molecule has 2 unspecified atom stereocenters. The Morgan fingerprint density at radius 1 is 1.42 bits per heavy atom. The smallest absolute Gasteiger partial charge is 0.334 e. The van der Waals surface area contributed by atoms with Crippen LogP contribution < -0.4 is 5.32 Å². The van der Waals surface area contributed by atoms with Crippen molar-refractivity contribution in [3.8, 4) is 0 Å². The molecule has 1 heterocycles.